The van der Waals surface area contributed by atoms with Crippen LogP contribution in [-0.4, -0.2) is 44.9 Å². The van der Waals surface area contributed by atoms with Crippen molar-refractivity contribution >= 4 is 17.6 Å². The number of hydrogen-bond donors (Lipinski definition) is 2. The Morgan fingerprint density at radius 3 is 2.67 bits per heavy atom. The van der Waals surface area contributed by atoms with Gasteiger partial charge in [-0.2, -0.15) is 0 Å². The molecule has 0 aliphatic carbocycles. The number of halogens is 1. The second kappa shape index (κ2) is 9.14. The van der Waals surface area contributed by atoms with E-state index in [1.165, 1.54) is 0 Å². The third-order valence-electron chi connectivity index (χ3n) is 3.95. The quantitative estimate of drug-likeness (QED) is 0.557. The second-order valence-electron chi connectivity index (χ2n) is 6.46. The molecular weight excluding hydrogens is 326 g/mol. The molecule has 1 fully saturated rings. The average molecular weight is 354 g/mol. The third kappa shape index (κ3) is 5.56. The second-order valence-corrected chi connectivity index (χ2v) is 6.87. The fourth-order valence-corrected chi connectivity index (χ4v) is 2.53. The highest BCUT2D eigenvalue weighted by molar-refractivity contribution is 6.32. The lowest BCUT2D eigenvalue weighted by Gasteiger charge is -2.36. The Kier molecular flexibility index (Phi) is 7.18. The fraction of sp³-hybridized carbons (Fsp3) is 0.611. The molecule has 1 aliphatic rings. The van der Waals surface area contributed by atoms with Gasteiger partial charge in [-0.1, -0.05) is 37.6 Å². The minimum Gasteiger partial charge on any atom is -0.487 e. The number of ether oxygens (including phenoxy) is 2. The summed E-state index contributed by atoms with van der Waals surface area (Å²) in [5.74, 6) is 1.53. The van der Waals surface area contributed by atoms with Gasteiger partial charge in [-0.25, -0.2) is 0 Å². The minimum atomic E-state index is 0.0244. The van der Waals surface area contributed by atoms with Gasteiger partial charge in [0.05, 0.1) is 31.3 Å². The smallest absolute Gasteiger partial charge is 0.191 e. The highest BCUT2D eigenvalue weighted by Gasteiger charge is 2.33. The maximum absolute atomic E-state index is 6.17. The zero-order valence-electron chi connectivity index (χ0n) is 14.8. The summed E-state index contributed by atoms with van der Waals surface area (Å²) in [6.45, 7) is 10.2. The van der Waals surface area contributed by atoms with E-state index in [9.17, 15) is 0 Å². The lowest BCUT2D eigenvalue weighted by molar-refractivity contribution is -0.0945. The van der Waals surface area contributed by atoms with E-state index >= 15 is 0 Å². The molecule has 0 saturated carbocycles. The first kappa shape index (κ1) is 18.9. The lowest BCUT2D eigenvalue weighted by Crippen LogP contribution is -2.46. The van der Waals surface area contributed by atoms with Gasteiger partial charge in [0.25, 0.3) is 0 Å². The Balaban J connectivity index is 1.88. The van der Waals surface area contributed by atoms with Crippen molar-refractivity contribution in [1.82, 2.24) is 10.6 Å². The predicted molar refractivity (Wildman–Crippen MR) is 99.1 cm³/mol. The van der Waals surface area contributed by atoms with Crippen LogP contribution in [0.3, 0.4) is 0 Å². The van der Waals surface area contributed by atoms with Gasteiger partial charge < -0.3 is 20.1 Å². The van der Waals surface area contributed by atoms with Crippen LogP contribution in [0, 0.1) is 5.41 Å². The van der Waals surface area contributed by atoms with Gasteiger partial charge in [0.15, 0.2) is 5.96 Å². The molecule has 24 heavy (non-hydrogen) atoms. The number of nitrogens with one attached hydrogen (secondary N) is 2. The Bertz CT molecular complexity index is 547. The van der Waals surface area contributed by atoms with Gasteiger partial charge >= 0.3 is 0 Å². The molecule has 0 amide bonds. The van der Waals surface area contributed by atoms with Gasteiger partial charge in [0, 0.05) is 12.0 Å². The maximum atomic E-state index is 6.17. The van der Waals surface area contributed by atoms with Crippen molar-refractivity contribution in [1.29, 1.82) is 0 Å². The first-order chi connectivity index (χ1) is 11.6. The summed E-state index contributed by atoms with van der Waals surface area (Å²) < 4.78 is 11.3. The lowest BCUT2D eigenvalue weighted by atomic mass is 9.89. The summed E-state index contributed by atoms with van der Waals surface area (Å²) in [7, 11) is 0. The van der Waals surface area contributed by atoms with Crippen molar-refractivity contribution in [2.45, 2.75) is 33.3 Å². The van der Waals surface area contributed by atoms with E-state index in [4.69, 9.17) is 21.1 Å². The minimum absolute atomic E-state index is 0.0244. The molecule has 0 spiro atoms. The van der Waals surface area contributed by atoms with Crippen molar-refractivity contribution in [2.75, 3.05) is 32.8 Å². The van der Waals surface area contributed by atoms with E-state index in [0.29, 0.717) is 17.3 Å². The zero-order valence-corrected chi connectivity index (χ0v) is 15.5. The Morgan fingerprint density at radius 1 is 1.33 bits per heavy atom. The molecule has 1 aliphatic heterocycles. The highest BCUT2D eigenvalue weighted by Crippen LogP contribution is 2.26. The zero-order chi connectivity index (χ0) is 17.4. The van der Waals surface area contributed by atoms with Gasteiger partial charge in [0.2, 0.25) is 0 Å². The van der Waals surface area contributed by atoms with E-state index in [2.05, 4.69) is 36.4 Å². The Labute approximate surface area is 149 Å². The average Bonchev–Trinajstić information content (AvgIpc) is 2.56. The summed E-state index contributed by atoms with van der Waals surface area (Å²) in [5.41, 5.74) is 0.167. The highest BCUT2D eigenvalue weighted by atomic mass is 35.5. The Morgan fingerprint density at radius 2 is 2.08 bits per heavy atom. The van der Waals surface area contributed by atoms with E-state index in [1.807, 2.05) is 24.3 Å². The van der Waals surface area contributed by atoms with Crippen LogP contribution in [0.25, 0.3) is 0 Å². The molecule has 5 nitrogen and oxygen atoms in total. The normalized spacial score (nSPS) is 17.8. The predicted octanol–water partition coefficient (Wildman–Crippen LogP) is 3.09. The van der Waals surface area contributed by atoms with Gasteiger partial charge in [-0.3, -0.25) is 4.99 Å². The van der Waals surface area contributed by atoms with Crippen LogP contribution < -0.4 is 15.4 Å². The standard InChI is InChI=1S/C18H28ClN3O2/c1-4-14(24-16-9-7-6-8-15(16)19)10-21-17(20-5-2)22-11-18(3)12-23-13-18/h6-9,14H,4-5,10-13H2,1-3H3,(H2,20,21,22). The van der Waals surface area contributed by atoms with Crippen molar-refractivity contribution in [3.63, 3.8) is 0 Å². The number of rotatable bonds is 8. The molecule has 1 heterocycles. The van der Waals surface area contributed by atoms with Crippen LogP contribution in [0.15, 0.2) is 29.3 Å². The molecule has 2 rings (SSSR count). The first-order valence-corrected chi connectivity index (χ1v) is 8.95. The van der Waals surface area contributed by atoms with Crippen LogP contribution in [0.4, 0.5) is 0 Å². The third-order valence-corrected chi connectivity index (χ3v) is 4.26. The van der Waals surface area contributed by atoms with Crippen LogP contribution >= 0.6 is 11.6 Å². The summed E-state index contributed by atoms with van der Waals surface area (Å²) in [5, 5.41) is 7.27. The summed E-state index contributed by atoms with van der Waals surface area (Å²) in [6, 6.07) is 7.55. The number of para-hydroxylation sites is 1. The molecule has 0 aromatic heterocycles. The van der Waals surface area contributed by atoms with E-state index < -0.39 is 0 Å². The molecule has 0 radical (unpaired) electrons. The number of benzene rings is 1. The molecular formula is C18H28ClN3O2. The summed E-state index contributed by atoms with van der Waals surface area (Å²) in [6.07, 6.45) is 0.903. The van der Waals surface area contributed by atoms with Crippen LogP contribution in [0.1, 0.15) is 27.2 Å². The monoisotopic (exact) mass is 353 g/mol. The van der Waals surface area contributed by atoms with Crippen LogP contribution in [0.5, 0.6) is 5.75 Å². The fourth-order valence-electron chi connectivity index (χ4n) is 2.35. The largest absolute Gasteiger partial charge is 0.487 e. The van der Waals surface area contributed by atoms with Crippen molar-refractivity contribution in [3.05, 3.63) is 29.3 Å². The molecule has 1 unspecified atom stereocenters. The van der Waals surface area contributed by atoms with E-state index in [0.717, 1.165) is 38.7 Å². The SMILES string of the molecule is CCNC(=NCC1(C)COC1)NCC(CC)Oc1ccccc1Cl. The summed E-state index contributed by atoms with van der Waals surface area (Å²) in [4.78, 5) is 4.67. The number of aliphatic imine (C=N–C) groups is 1. The van der Waals surface area contributed by atoms with Crippen molar-refractivity contribution < 1.29 is 9.47 Å². The van der Waals surface area contributed by atoms with E-state index in [-0.39, 0.29) is 11.5 Å². The molecule has 1 saturated heterocycles. The molecule has 2 N–H and O–H groups in total. The molecule has 1 aromatic rings. The number of guanidine groups is 1. The van der Waals surface area contributed by atoms with Crippen LogP contribution in [-0.2, 0) is 4.74 Å². The number of nitrogens with zero attached hydrogens (tertiary/aromatic N) is 1. The molecule has 1 atom stereocenters. The van der Waals surface area contributed by atoms with Gasteiger partial charge in [-0.15, -0.1) is 0 Å². The number of hydrogen-bond acceptors (Lipinski definition) is 3. The van der Waals surface area contributed by atoms with Gasteiger partial charge in [0.1, 0.15) is 11.9 Å². The maximum Gasteiger partial charge on any atom is 0.191 e. The molecule has 134 valence electrons. The molecule has 6 heteroatoms. The Hall–Kier alpha value is -1.46. The van der Waals surface area contributed by atoms with Gasteiger partial charge in [-0.05, 0) is 25.5 Å². The van der Waals surface area contributed by atoms with Crippen molar-refractivity contribution in [3.8, 4) is 5.75 Å². The van der Waals surface area contributed by atoms with E-state index in [1.54, 1.807) is 0 Å². The van der Waals surface area contributed by atoms with Crippen molar-refractivity contribution in [2.24, 2.45) is 10.4 Å². The molecule has 1 aromatic carbocycles. The van der Waals surface area contributed by atoms with Crippen LogP contribution in [0.2, 0.25) is 5.02 Å². The summed E-state index contributed by atoms with van der Waals surface area (Å²) >= 11 is 6.17. The topological polar surface area (TPSA) is 54.9 Å². The first-order valence-electron chi connectivity index (χ1n) is 8.57. The molecule has 0 bridgehead atoms.